The number of hydrogen-bond acceptors (Lipinski definition) is 5. The summed E-state index contributed by atoms with van der Waals surface area (Å²) in [6.45, 7) is 1.94. The quantitative estimate of drug-likeness (QED) is 0.794. The zero-order chi connectivity index (χ0) is 11.8. The molecule has 1 aromatic rings. The smallest absolute Gasteiger partial charge is 0.146 e. The predicted molar refractivity (Wildman–Crippen MR) is 64.1 cm³/mol. The lowest BCUT2D eigenvalue weighted by Crippen LogP contribution is -2.29. The highest BCUT2D eigenvalue weighted by atomic mass is 79.9. The number of hydrogen-bond donors (Lipinski definition) is 0. The normalized spacial score (nSPS) is 9.81. The second-order valence-corrected chi connectivity index (χ2v) is 3.94. The van der Waals surface area contributed by atoms with Gasteiger partial charge >= 0.3 is 0 Å². The van der Waals surface area contributed by atoms with E-state index in [1.165, 1.54) is 6.33 Å². The van der Waals surface area contributed by atoms with Crippen LogP contribution in [-0.4, -0.2) is 36.8 Å². The highest BCUT2D eigenvalue weighted by Crippen LogP contribution is 2.21. The summed E-state index contributed by atoms with van der Waals surface area (Å²) in [6.07, 6.45) is 3.64. The fourth-order valence-corrected chi connectivity index (χ4v) is 1.72. The van der Waals surface area contributed by atoms with Crippen molar-refractivity contribution >= 4 is 21.7 Å². The SMILES string of the molecule is COCCN(CCC#N)c1ncncc1Br. The average molecular weight is 285 g/mol. The maximum atomic E-state index is 8.60. The third kappa shape index (κ3) is 3.76. The zero-order valence-corrected chi connectivity index (χ0v) is 10.6. The summed E-state index contributed by atoms with van der Waals surface area (Å²) in [5.74, 6) is 0.794. The maximum Gasteiger partial charge on any atom is 0.146 e. The molecule has 0 amide bonds. The third-order valence-electron chi connectivity index (χ3n) is 2.01. The van der Waals surface area contributed by atoms with Gasteiger partial charge in [-0.05, 0) is 15.9 Å². The van der Waals surface area contributed by atoms with Crippen molar-refractivity contribution in [3.63, 3.8) is 0 Å². The fraction of sp³-hybridized carbons (Fsp3) is 0.500. The molecular formula is C10H13BrN4O. The average Bonchev–Trinajstić information content (AvgIpc) is 2.31. The third-order valence-corrected chi connectivity index (χ3v) is 2.57. The van der Waals surface area contributed by atoms with Gasteiger partial charge in [-0.25, -0.2) is 9.97 Å². The number of anilines is 1. The van der Waals surface area contributed by atoms with Gasteiger partial charge in [0.15, 0.2) is 0 Å². The van der Waals surface area contributed by atoms with E-state index in [1.54, 1.807) is 13.3 Å². The lowest BCUT2D eigenvalue weighted by molar-refractivity contribution is 0.205. The van der Waals surface area contributed by atoms with Crippen LogP contribution in [0.5, 0.6) is 0 Å². The largest absolute Gasteiger partial charge is 0.383 e. The van der Waals surface area contributed by atoms with Crippen LogP contribution in [0.25, 0.3) is 0 Å². The van der Waals surface area contributed by atoms with Gasteiger partial charge in [0, 0.05) is 26.4 Å². The summed E-state index contributed by atoms with van der Waals surface area (Å²) in [4.78, 5) is 10.1. The lowest BCUT2D eigenvalue weighted by atomic mass is 10.4. The van der Waals surface area contributed by atoms with Crippen LogP contribution in [0.15, 0.2) is 17.0 Å². The minimum absolute atomic E-state index is 0.458. The molecule has 0 unspecified atom stereocenters. The molecule has 16 heavy (non-hydrogen) atoms. The van der Waals surface area contributed by atoms with Gasteiger partial charge < -0.3 is 9.64 Å². The van der Waals surface area contributed by atoms with Crippen LogP contribution in [0.4, 0.5) is 5.82 Å². The molecule has 6 heteroatoms. The minimum Gasteiger partial charge on any atom is -0.383 e. The summed E-state index contributed by atoms with van der Waals surface area (Å²) in [7, 11) is 1.65. The van der Waals surface area contributed by atoms with Gasteiger partial charge in [-0.3, -0.25) is 0 Å². The predicted octanol–water partition coefficient (Wildman–Crippen LogP) is 1.61. The Balaban J connectivity index is 2.75. The first-order valence-electron chi connectivity index (χ1n) is 4.86. The highest BCUT2D eigenvalue weighted by Gasteiger charge is 2.10. The van der Waals surface area contributed by atoms with Crippen LogP contribution in [0.3, 0.4) is 0 Å². The molecule has 0 bridgehead atoms. The Morgan fingerprint density at radius 3 is 3.00 bits per heavy atom. The van der Waals surface area contributed by atoms with Crippen molar-refractivity contribution in [2.75, 3.05) is 31.7 Å². The number of aromatic nitrogens is 2. The maximum absolute atomic E-state index is 8.60. The van der Waals surface area contributed by atoms with Crippen molar-refractivity contribution < 1.29 is 4.74 Å². The number of nitrogens with zero attached hydrogens (tertiary/aromatic N) is 4. The number of nitriles is 1. The highest BCUT2D eigenvalue weighted by molar-refractivity contribution is 9.10. The van der Waals surface area contributed by atoms with Crippen molar-refractivity contribution in [1.29, 1.82) is 5.26 Å². The van der Waals surface area contributed by atoms with E-state index in [1.807, 2.05) is 4.90 Å². The van der Waals surface area contributed by atoms with Crippen molar-refractivity contribution in [1.82, 2.24) is 9.97 Å². The van der Waals surface area contributed by atoms with E-state index in [-0.39, 0.29) is 0 Å². The Hall–Kier alpha value is -1.19. The number of halogens is 1. The molecule has 1 rings (SSSR count). The first-order valence-corrected chi connectivity index (χ1v) is 5.65. The summed E-state index contributed by atoms with van der Waals surface area (Å²) < 4.78 is 5.85. The van der Waals surface area contributed by atoms with Gasteiger partial charge in [-0.15, -0.1) is 0 Å². The van der Waals surface area contributed by atoms with Crippen molar-refractivity contribution in [2.45, 2.75) is 6.42 Å². The molecule has 1 aromatic heterocycles. The molecule has 0 aliphatic heterocycles. The molecule has 86 valence electrons. The van der Waals surface area contributed by atoms with E-state index in [9.17, 15) is 0 Å². The Morgan fingerprint density at radius 2 is 2.38 bits per heavy atom. The first kappa shape index (κ1) is 12.9. The number of ether oxygens (including phenoxy) is 1. The van der Waals surface area contributed by atoms with Gasteiger partial charge in [0.2, 0.25) is 0 Å². The van der Waals surface area contributed by atoms with Crippen LogP contribution in [-0.2, 0) is 4.74 Å². The molecule has 0 spiro atoms. The molecule has 0 radical (unpaired) electrons. The Morgan fingerprint density at radius 1 is 1.56 bits per heavy atom. The number of methoxy groups -OCH3 is 1. The monoisotopic (exact) mass is 284 g/mol. The van der Waals surface area contributed by atoms with Crippen LogP contribution in [0, 0.1) is 11.3 Å². The molecule has 0 N–H and O–H groups in total. The van der Waals surface area contributed by atoms with Gasteiger partial charge in [-0.1, -0.05) is 0 Å². The topological polar surface area (TPSA) is 62.0 Å². The van der Waals surface area contributed by atoms with Crippen LogP contribution >= 0.6 is 15.9 Å². The van der Waals surface area contributed by atoms with E-state index >= 15 is 0 Å². The molecule has 0 saturated carbocycles. The second-order valence-electron chi connectivity index (χ2n) is 3.08. The van der Waals surface area contributed by atoms with Gasteiger partial charge in [-0.2, -0.15) is 5.26 Å². The lowest BCUT2D eigenvalue weighted by Gasteiger charge is -2.22. The Labute approximate surface area is 103 Å². The van der Waals surface area contributed by atoms with E-state index in [0.717, 1.165) is 10.3 Å². The van der Waals surface area contributed by atoms with Crippen LogP contribution in [0.1, 0.15) is 6.42 Å². The molecular weight excluding hydrogens is 272 g/mol. The molecule has 0 atom stereocenters. The molecule has 1 heterocycles. The Bertz CT molecular complexity index is 366. The van der Waals surface area contributed by atoms with Crippen LogP contribution in [0.2, 0.25) is 0 Å². The van der Waals surface area contributed by atoms with Crippen molar-refractivity contribution in [2.24, 2.45) is 0 Å². The standard InChI is InChI=1S/C10H13BrN4O/c1-16-6-5-15(4-2-3-12)10-9(11)7-13-8-14-10/h7-8H,2,4-6H2,1H3. The second kappa shape index (κ2) is 7.14. The molecule has 0 saturated heterocycles. The Kier molecular flexibility index (Phi) is 5.75. The molecule has 5 nitrogen and oxygen atoms in total. The molecule has 0 fully saturated rings. The number of rotatable bonds is 6. The molecule has 0 aliphatic rings. The summed E-state index contributed by atoms with van der Waals surface area (Å²) in [5, 5.41) is 8.60. The molecule has 0 aromatic carbocycles. The van der Waals surface area contributed by atoms with Crippen molar-refractivity contribution in [3.8, 4) is 6.07 Å². The minimum atomic E-state index is 0.458. The summed E-state index contributed by atoms with van der Waals surface area (Å²) in [5.41, 5.74) is 0. The molecule has 0 aliphatic carbocycles. The van der Waals surface area contributed by atoms with E-state index < -0.39 is 0 Å². The zero-order valence-electron chi connectivity index (χ0n) is 9.06. The van der Waals surface area contributed by atoms with E-state index in [0.29, 0.717) is 26.1 Å². The van der Waals surface area contributed by atoms with E-state index in [4.69, 9.17) is 10.00 Å². The van der Waals surface area contributed by atoms with Gasteiger partial charge in [0.1, 0.15) is 12.1 Å². The van der Waals surface area contributed by atoms with Crippen molar-refractivity contribution in [3.05, 3.63) is 17.0 Å². The first-order chi connectivity index (χ1) is 7.79. The van der Waals surface area contributed by atoms with Gasteiger partial charge in [0.05, 0.1) is 23.6 Å². The van der Waals surface area contributed by atoms with Gasteiger partial charge in [0.25, 0.3) is 0 Å². The van der Waals surface area contributed by atoms with E-state index in [2.05, 4.69) is 32.0 Å². The van der Waals surface area contributed by atoms with Crippen LogP contribution < -0.4 is 4.90 Å². The summed E-state index contributed by atoms with van der Waals surface area (Å²) >= 11 is 3.39. The fourth-order valence-electron chi connectivity index (χ4n) is 1.25. The summed E-state index contributed by atoms with van der Waals surface area (Å²) in [6, 6.07) is 2.12.